The molecule has 0 saturated heterocycles. The quantitative estimate of drug-likeness (QED) is 0.585. The first kappa shape index (κ1) is 15.9. The summed E-state index contributed by atoms with van der Waals surface area (Å²) < 4.78 is 0. The zero-order chi connectivity index (χ0) is 17.1. The van der Waals surface area contributed by atoms with Crippen LogP contribution in [-0.2, 0) is 4.79 Å². The average Bonchev–Trinajstić information content (AvgIpc) is 2.61. The van der Waals surface area contributed by atoms with Gasteiger partial charge < -0.3 is 21.9 Å². The number of aliphatic hydroxyl groups is 1. The predicted molar refractivity (Wildman–Crippen MR) is 94.2 cm³/mol. The van der Waals surface area contributed by atoms with Gasteiger partial charge in [-0.05, 0) is 35.2 Å². The van der Waals surface area contributed by atoms with Crippen molar-refractivity contribution in [2.75, 3.05) is 11.1 Å². The number of aliphatic hydroxyl groups excluding tert-OH is 1. The average molecular weight is 322 g/mol. The van der Waals surface area contributed by atoms with Crippen LogP contribution >= 0.6 is 0 Å². The molecule has 3 rings (SSSR count). The van der Waals surface area contributed by atoms with Crippen LogP contribution in [0.2, 0.25) is 0 Å². The van der Waals surface area contributed by atoms with E-state index in [9.17, 15) is 9.90 Å². The lowest BCUT2D eigenvalue weighted by Gasteiger charge is -2.19. The largest absolute Gasteiger partial charge is 0.383 e. The van der Waals surface area contributed by atoms with Crippen molar-refractivity contribution in [1.82, 2.24) is 4.98 Å². The van der Waals surface area contributed by atoms with Gasteiger partial charge in [-0.1, -0.05) is 30.3 Å². The molecule has 122 valence electrons. The minimum atomic E-state index is -1.36. The number of anilines is 2. The fraction of sp³-hybridized carbons (Fsp3) is 0.111. The molecule has 6 nitrogen and oxygen atoms in total. The third kappa shape index (κ3) is 3.19. The molecule has 1 amide bonds. The van der Waals surface area contributed by atoms with E-state index in [2.05, 4.69) is 10.3 Å². The summed E-state index contributed by atoms with van der Waals surface area (Å²) in [7, 11) is 0. The fourth-order valence-corrected chi connectivity index (χ4v) is 2.52. The van der Waals surface area contributed by atoms with Gasteiger partial charge in [0.05, 0.1) is 6.04 Å². The van der Waals surface area contributed by atoms with Crippen LogP contribution in [0.3, 0.4) is 0 Å². The summed E-state index contributed by atoms with van der Waals surface area (Å²) in [5, 5.41) is 14.5. The van der Waals surface area contributed by atoms with Crippen molar-refractivity contribution in [1.29, 1.82) is 0 Å². The second-order valence-corrected chi connectivity index (χ2v) is 5.50. The van der Waals surface area contributed by atoms with Crippen LogP contribution in [0.15, 0.2) is 60.8 Å². The zero-order valence-corrected chi connectivity index (χ0v) is 12.9. The number of fused-ring (bicyclic) bond motifs is 1. The molecule has 2 unspecified atom stereocenters. The van der Waals surface area contributed by atoms with E-state index >= 15 is 0 Å². The molecular weight excluding hydrogens is 304 g/mol. The van der Waals surface area contributed by atoms with E-state index in [1.54, 1.807) is 42.6 Å². The normalized spacial score (nSPS) is 13.4. The Kier molecular flexibility index (Phi) is 4.41. The maximum absolute atomic E-state index is 12.3. The van der Waals surface area contributed by atoms with Crippen molar-refractivity contribution in [2.45, 2.75) is 12.1 Å². The van der Waals surface area contributed by atoms with Gasteiger partial charge in [0.2, 0.25) is 0 Å². The number of amides is 1. The molecule has 0 aliphatic heterocycles. The van der Waals surface area contributed by atoms with Gasteiger partial charge >= 0.3 is 0 Å². The Bertz CT molecular complexity index is 867. The molecule has 6 heteroatoms. The van der Waals surface area contributed by atoms with Crippen molar-refractivity contribution < 1.29 is 9.90 Å². The number of nitrogens with two attached hydrogens (primary N) is 2. The van der Waals surface area contributed by atoms with Crippen LogP contribution in [0.25, 0.3) is 10.8 Å². The maximum atomic E-state index is 12.3. The lowest BCUT2D eigenvalue weighted by atomic mass is 10.0. The first-order valence-corrected chi connectivity index (χ1v) is 7.50. The number of aromatic nitrogens is 1. The first-order valence-electron chi connectivity index (χ1n) is 7.50. The number of pyridine rings is 1. The summed E-state index contributed by atoms with van der Waals surface area (Å²) in [6.45, 7) is 0. The molecule has 0 aliphatic rings. The number of nitrogen functional groups attached to an aromatic ring is 1. The van der Waals surface area contributed by atoms with Crippen LogP contribution in [0.4, 0.5) is 11.5 Å². The van der Waals surface area contributed by atoms with Crippen LogP contribution in [0.1, 0.15) is 11.6 Å². The smallest absolute Gasteiger partial charge is 0.255 e. The summed E-state index contributed by atoms with van der Waals surface area (Å²) in [4.78, 5) is 16.3. The Morgan fingerprint density at radius 3 is 2.62 bits per heavy atom. The third-order valence-corrected chi connectivity index (χ3v) is 3.86. The summed E-state index contributed by atoms with van der Waals surface area (Å²) in [6.07, 6.45) is 0.245. The van der Waals surface area contributed by atoms with E-state index in [1.807, 2.05) is 18.2 Å². The van der Waals surface area contributed by atoms with Crippen LogP contribution < -0.4 is 16.8 Å². The van der Waals surface area contributed by atoms with Crippen LogP contribution in [0.5, 0.6) is 0 Å². The number of hydrogen-bond donors (Lipinski definition) is 4. The van der Waals surface area contributed by atoms with Gasteiger partial charge in [0.1, 0.15) is 5.82 Å². The van der Waals surface area contributed by atoms with Gasteiger partial charge in [-0.3, -0.25) is 4.79 Å². The Labute approximate surface area is 139 Å². The molecule has 1 heterocycles. The van der Waals surface area contributed by atoms with Gasteiger partial charge in [-0.25, -0.2) is 4.98 Å². The number of nitrogens with zero attached hydrogens (tertiary/aromatic N) is 1. The molecule has 2 aromatic carbocycles. The number of rotatable bonds is 4. The molecule has 0 aliphatic carbocycles. The Balaban J connectivity index is 1.77. The highest BCUT2D eigenvalue weighted by Gasteiger charge is 2.24. The summed E-state index contributed by atoms with van der Waals surface area (Å²) in [6, 6.07) is 15.3. The minimum absolute atomic E-state index is 0.427. The molecule has 3 aromatic rings. The Hall–Kier alpha value is -2.96. The van der Waals surface area contributed by atoms with Crippen molar-refractivity contribution in [3.63, 3.8) is 0 Å². The van der Waals surface area contributed by atoms with Gasteiger partial charge in [-0.2, -0.15) is 0 Å². The van der Waals surface area contributed by atoms with Crippen molar-refractivity contribution in [3.05, 3.63) is 66.4 Å². The molecule has 0 fully saturated rings. The predicted octanol–water partition coefficient (Wildman–Crippen LogP) is 1.82. The van der Waals surface area contributed by atoms with Crippen LogP contribution in [0, 0.1) is 0 Å². The van der Waals surface area contributed by atoms with E-state index in [-0.39, 0.29) is 0 Å². The highest BCUT2D eigenvalue weighted by Crippen LogP contribution is 2.23. The lowest BCUT2D eigenvalue weighted by Crippen LogP contribution is -2.37. The van der Waals surface area contributed by atoms with Crippen molar-refractivity contribution in [3.8, 4) is 0 Å². The van der Waals surface area contributed by atoms with E-state index in [1.165, 1.54) is 0 Å². The highest BCUT2D eigenvalue weighted by molar-refractivity contribution is 5.98. The molecule has 24 heavy (non-hydrogen) atoms. The van der Waals surface area contributed by atoms with Gasteiger partial charge in [-0.15, -0.1) is 0 Å². The second-order valence-electron chi connectivity index (χ2n) is 5.50. The molecule has 1 aromatic heterocycles. The summed E-state index contributed by atoms with van der Waals surface area (Å²) >= 11 is 0. The van der Waals surface area contributed by atoms with Gasteiger partial charge in [0.25, 0.3) is 5.91 Å². The number of benzene rings is 2. The van der Waals surface area contributed by atoms with Crippen molar-refractivity contribution in [2.24, 2.45) is 5.73 Å². The number of carbonyl (C=O) groups excluding carboxylic acids is 1. The Morgan fingerprint density at radius 2 is 1.88 bits per heavy atom. The number of carbonyl (C=O) groups is 1. The SMILES string of the molecule is Nc1nccc2cc(NC(=O)C(O)C(N)c3ccccc3)ccc12. The number of hydrogen-bond acceptors (Lipinski definition) is 5. The second kappa shape index (κ2) is 6.66. The summed E-state index contributed by atoms with van der Waals surface area (Å²) in [5.41, 5.74) is 13.0. The van der Waals surface area contributed by atoms with E-state index in [0.29, 0.717) is 17.1 Å². The van der Waals surface area contributed by atoms with Gasteiger partial charge in [0.15, 0.2) is 6.10 Å². The molecule has 0 saturated carbocycles. The maximum Gasteiger partial charge on any atom is 0.255 e. The van der Waals surface area contributed by atoms with Gasteiger partial charge in [0, 0.05) is 17.3 Å². The topological polar surface area (TPSA) is 114 Å². The first-order chi connectivity index (χ1) is 11.6. The molecule has 6 N–H and O–H groups in total. The molecule has 0 bridgehead atoms. The third-order valence-electron chi connectivity index (χ3n) is 3.86. The van der Waals surface area contributed by atoms with Crippen LogP contribution in [-0.4, -0.2) is 22.1 Å². The molecule has 0 radical (unpaired) electrons. The molecule has 0 spiro atoms. The lowest BCUT2D eigenvalue weighted by molar-refractivity contribution is -0.125. The molecular formula is C18H18N4O2. The molecule has 2 atom stereocenters. The minimum Gasteiger partial charge on any atom is -0.383 e. The number of nitrogens with one attached hydrogen (secondary N) is 1. The highest BCUT2D eigenvalue weighted by atomic mass is 16.3. The standard InChI is InChI=1S/C18H18N4O2/c19-15(11-4-2-1-3-5-11)16(23)18(24)22-13-6-7-14-12(10-13)8-9-21-17(14)20/h1-10,15-16,23H,19H2,(H2,20,21)(H,22,24). The zero-order valence-electron chi connectivity index (χ0n) is 12.9. The fourth-order valence-electron chi connectivity index (χ4n) is 2.52. The van der Waals surface area contributed by atoms with E-state index in [4.69, 9.17) is 11.5 Å². The van der Waals surface area contributed by atoms with Crippen molar-refractivity contribution >= 4 is 28.2 Å². The Morgan fingerprint density at radius 1 is 1.12 bits per heavy atom. The summed E-state index contributed by atoms with van der Waals surface area (Å²) in [5.74, 6) is -0.135. The van der Waals surface area contributed by atoms with E-state index in [0.717, 1.165) is 10.8 Å². The van der Waals surface area contributed by atoms with E-state index < -0.39 is 18.1 Å². The monoisotopic (exact) mass is 322 g/mol.